The Hall–Kier alpha value is -1.80. The molecule has 1 aromatic rings. The minimum atomic E-state index is -0.655. The molecule has 12 heavy (non-hydrogen) atoms. The Labute approximate surface area is 68.1 Å². The van der Waals surface area contributed by atoms with E-state index in [1.807, 2.05) is 0 Å². The minimum absolute atomic E-state index is 0.206. The molecule has 0 aliphatic heterocycles. The molecule has 0 saturated heterocycles. The van der Waals surface area contributed by atoms with E-state index >= 15 is 0 Å². The van der Waals surface area contributed by atoms with Gasteiger partial charge in [-0.3, -0.25) is 4.79 Å². The zero-order valence-corrected chi connectivity index (χ0v) is 5.99. The number of nitrogens with zero attached hydrogens (tertiary/aromatic N) is 2. The fourth-order valence-electron chi connectivity index (χ4n) is 0.702. The van der Waals surface area contributed by atoms with Gasteiger partial charge in [0.15, 0.2) is 5.91 Å². The summed E-state index contributed by atoms with van der Waals surface area (Å²) >= 11 is 0. The molecule has 0 unspecified atom stereocenters. The molecule has 0 saturated carbocycles. The number of carbonyl (C=O) groups excluding carboxylic acids is 1. The first kappa shape index (κ1) is 8.30. The number of amides is 1. The van der Waals surface area contributed by atoms with Crippen LogP contribution in [0.4, 0.5) is 4.39 Å². The molecule has 3 nitrogen and oxygen atoms in total. The van der Waals surface area contributed by atoms with E-state index in [1.165, 1.54) is 18.1 Å². The van der Waals surface area contributed by atoms with E-state index in [-0.39, 0.29) is 5.56 Å². The summed E-state index contributed by atoms with van der Waals surface area (Å²) in [6, 6.07) is 6.19. The fourth-order valence-corrected chi connectivity index (χ4v) is 0.702. The fraction of sp³-hybridized carbons (Fsp3) is 0. The maximum atomic E-state index is 12.3. The second-order valence-corrected chi connectivity index (χ2v) is 2.02. The third-order valence-electron chi connectivity index (χ3n) is 1.24. The number of aliphatic imine (C=N–C) groups is 1. The Kier molecular flexibility index (Phi) is 2.46. The van der Waals surface area contributed by atoms with Crippen LogP contribution in [-0.2, 0) is 0 Å². The van der Waals surface area contributed by atoms with Crippen LogP contribution in [0, 0.1) is 5.82 Å². The first-order valence-electron chi connectivity index (χ1n) is 3.14. The molecule has 60 valence electrons. The first-order valence-corrected chi connectivity index (χ1v) is 3.14. The molecule has 0 aliphatic rings. The molecular formula is C8H4FN2O-. The van der Waals surface area contributed by atoms with Crippen molar-refractivity contribution in [2.24, 2.45) is 4.99 Å². The van der Waals surface area contributed by atoms with Crippen molar-refractivity contribution in [1.29, 1.82) is 0 Å². The molecule has 0 radical (unpaired) electrons. The van der Waals surface area contributed by atoms with Crippen LogP contribution in [0.15, 0.2) is 29.3 Å². The van der Waals surface area contributed by atoms with Crippen LogP contribution in [0.3, 0.4) is 0 Å². The van der Waals surface area contributed by atoms with Gasteiger partial charge >= 0.3 is 0 Å². The molecule has 0 fully saturated rings. The lowest BCUT2D eigenvalue weighted by Crippen LogP contribution is -1.93. The van der Waals surface area contributed by atoms with Gasteiger partial charge in [0.2, 0.25) is 0 Å². The highest BCUT2D eigenvalue weighted by atomic mass is 19.1. The van der Waals surface area contributed by atoms with Crippen molar-refractivity contribution >= 4 is 11.9 Å². The average Bonchev–Trinajstić information content (AvgIpc) is 2.06. The standard InChI is InChI=1S/C8H4FN2O/c9-7-3-1-6(2-4-7)8(12)11-5-10/h1-4H/q-1. The summed E-state index contributed by atoms with van der Waals surface area (Å²) in [6.07, 6.45) is 0. The van der Waals surface area contributed by atoms with Crippen molar-refractivity contribution in [3.8, 4) is 0 Å². The van der Waals surface area contributed by atoms with Crippen LogP contribution >= 0.6 is 0 Å². The number of hydrogen-bond donors (Lipinski definition) is 0. The maximum absolute atomic E-state index is 12.3. The highest BCUT2D eigenvalue weighted by Gasteiger charge is 1.96. The Morgan fingerprint density at radius 3 is 2.50 bits per heavy atom. The van der Waals surface area contributed by atoms with E-state index < -0.39 is 11.7 Å². The molecule has 1 rings (SSSR count). The summed E-state index contributed by atoms with van der Waals surface area (Å²) in [7, 11) is 0. The van der Waals surface area contributed by atoms with Crippen molar-refractivity contribution in [2.45, 2.75) is 0 Å². The smallest absolute Gasteiger partial charge is 0.184 e. The molecule has 0 aromatic heterocycles. The van der Waals surface area contributed by atoms with Gasteiger partial charge in [-0.1, -0.05) is 0 Å². The highest BCUT2D eigenvalue weighted by Crippen LogP contribution is 2.03. The van der Waals surface area contributed by atoms with Crippen LogP contribution in [0.1, 0.15) is 10.4 Å². The number of carbonyl (C=O) groups is 1. The molecule has 1 aromatic carbocycles. The van der Waals surface area contributed by atoms with E-state index in [0.29, 0.717) is 0 Å². The Bertz CT molecular complexity index is 339. The Morgan fingerprint density at radius 2 is 2.00 bits per heavy atom. The lowest BCUT2D eigenvalue weighted by molar-refractivity contribution is 0.100. The summed E-state index contributed by atoms with van der Waals surface area (Å²) in [5.74, 6) is -1.08. The van der Waals surface area contributed by atoms with Gasteiger partial charge in [0.1, 0.15) is 5.82 Å². The average molecular weight is 163 g/mol. The van der Waals surface area contributed by atoms with E-state index in [0.717, 1.165) is 12.1 Å². The van der Waals surface area contributed by atoms with Crippen LogP contribution in [0.2, 0.25) is 0 Å². The molecule has 1 amide bonds. The van der Waals surface area contributed by atoms with E-state index in [2.05, 4.69) is 4.99 Å². The zero-order chi connectivity index (χ0) is 8.97. The van der Waals surface area contributed by atoms with Gasteiger partial charge in [0, 0.05) is 5.56 Å². The summed E-state index contributed by atoms with van der Waals surface area (Å²) in [4.78, 5) is 13.8. The van der Waals surface area contributed by atoms with Gasteiger partial charge in [0.05, 0.1) is 0 Å². The quantitative estimate of drug-likeness (QED) is 0.581. The zero-order valence-electron chi connectivity index (χ0n) is 5.99. The van der Waals surface area contributed by atoms with Crippen LogP contribution in [-0.4, -0.2) is 11.9 Å². The molecule has 0 aliphatic carbocycles. The van der Waals surface area contributed by atoms with Gasteiger partial charge in [-0.05, 0) is 24.3 Å². The van der Waals surface area contributed by atoms with Gasteiger partial charge in [-0.2, -0.15) is 0 Å². The Morgan fingerprint density at radius 1 is 1.42 bits per heavy atom. The molecule has 0 N–H and O–H groups in total. The lowest BCUT2D eigenvalue weighted by atomic mass is 10.2. The second kappa shape index (κ2) is 3.55. The summed E-state index contributed by atoms with van der Waals surface area (Å²) in [5.41, 5.74) is 0.206. The van der Waals surface area contributed by atoms with Crippen LogP contribution < -0.4 is 0 Å². The topological polar surface area (TPSA) is 51.7 Å². The predicted molar refractivity (Wildman–Crippen MR) is 41.5 cm³/mol. The summed E-state index contributed by atoms with van der Waals surface area (Å²) in [6.45, 7) is 0. The maximum Gasteiger partial charge on any atom is 0.184 e. The summed E-state index contributed by atoms with van der Waals surface area (Å²) < 4.78 is 12.3. The van der Waals surface area contributed by atoms with Crippen molar-refractivity contribution in [1.82, 2.24) is 0 Å². The van der Waals surface area contributed by atoms with E-state index in [1.54, 1.807) is 0 Å². The van der Waals surface area contributed by atoms with Crippen LogP contribution in [0.25, 0.3) is 5.41 Å². The third-order valence-corrected chi connectivity index (χ3v) is 1.24. The molecule has 0 spiro atoms. The molecule has 0 atom stereocenters. The van der Waals surface area contributed by atoms with Gasteiger partial charge in [-0.15, -0.1) is 6.01 Å². The third kappa shape index (κ3) is 1.84. The van der Waals surface area contributed by atoms with Gasteiger partial charge < -0.3 is 10.4 Å². The van der Waals surface area contributed by atoms with Crippen molar-refractivity contribution < 1.29 is 9.18 Å². The number of hydrogen-bond acceptors (Lipinski definition) is 1. The summed E-state index contributed by atoms with van der Waals surface area (Å²) in [5, 5.41) is 8.04. The molecular weight excluding hydrogens is 159 g/mol. The normalized spacial score (nSPS) is 8.75. The lowest BCUT2D eigenvalue weighted by Gasteiger charge is -1.96. The van der Waals surface area contributed by atoms with Gasteiger partial charge in [-0.25, -0.2) is 4.39 Å². The Balaban J connectivity index is 2.97. The molecule has 0 bridgehead atoms. The van der Waals surface area contributed by atoms with Crippen molar-refractivity contribution in [3.63, 3.8) is 0 Å². The number of halogens is 1. The van der Waals surface area contributed by atoms with Crippen molar-refractivity contribution in [2.75, 3.05) is 0 Å². The van der Waals surface area contributed by atoms with E-state index in [4.69, 9.17) is 5.41 Å². The number of rotatable bonds is 1. The van der Waals surface area contributed by atoms with Crippen LogP contribution in [0.5, 0.6) is 0 Å². The largest absolute Gasteiger partial charge is 0.422 e. The SMILES string of the molecule is [N-]=C=NC(=O)c1ccc(F)cc1. The van der Waals surface area contributed by atoms with Gasteiger partial charge in [0.25, 0.3) is 0 Å². The first-order chi connectivity index (χ1) is 5.74. The molecule has 0 heterocycles. The number of benzene rings is 1. The highest BCUT2D eigenvalue weighted by molar-refractivity contribution is 5.97. The minimum Gasteiger partial charge on any atom is -0.422 e. The monoisotopic (exact) mass is 163 g/mol. The predicted octanol–water partition coefficient (Wildman–Crippen LogP) is 1.71. The molecule has 4 heteroatoms. The van der Waals surface area contributed by atoms with E-state index in [9.17, 15) is 9.18 Å². The van der Waals surface area contributed by atoms with Crippen molar-refractivity contribution in [3.05, 3.63) is 41.1 Å². The second-order valence-electron chi connectivity index (χ2n) is 2.02.